The number of rotatable bonds is 4. The molecule has 0 aliphatic heterocycles. The summed E-state index contributed by atoms with van der Waals surface area (Å²) in [4.78, 5) is 18.1. The van der Waals surface area contributed by atoms with Crippen molar-refractivity contribution in [3.63, 3.8) is 0 Å². The number of carbonyl (C=O) groups is 1. The van der Waals surface area contributed by atoms with Gasteiger partial charge in [-0.05, 0) is 48.6 Å². The smallest absolute Gasteiger partial charge is 0.279 e. The number of sulfonamides is 1. The molecule has 4 aromatic rings. The Bertz CT molecular complexity index is 1540. The van der Waals surface area contributed by atoms with Crippen LogP contribution in [-0.4, -0.2) is 36.3 Å². The number of hydrogen-bond donors (Lipinski definition) is 0. The van der Waals surface area contributed by atoms with E-state index >= 15 is 0 Å². The van der Waals surface area contributed by atoms with Gasteiger partial charge in [0.2, 0.25) is 10.0 Å². The minimum absolute atomic E-state index is 0.0408. The second-order valence-electron chi connectivity index (χ2n) is 8.83. The number of amides is 1. The van der Waals surface area contributed by atoms with E-state index in [0.717, 1.165) is 46.7 Å². The van der Waals surface area contributed by atoms with E-state index in [9.17, 15) is 13.2 Å². The number of fused-ring (bicyclic) bond motifs is 3. The number of hydrogen-bond acceptors (Lipinski definition) is 4. The van der Waals surface area contributed by atoms with Crippen LogP contribution in [0.2, 0.25) is 0 Å². The summed E-state index contributed by atoms with van der Waals surface area (Å²) in [7, 11) is -0.0270. The number of benzene rings is 3. The normalized spacial score (nSPS) is 16.0. The Balaban J connectivity index is 1.44. The minimum Gasteiger partial charge on any atom is -0.319 e. The Morgan fingerprint density at radius 1 is 1.00 bits per heavy atom. The lowest BCUT2D eigenvalue weighted by atomic mass is 9.96. The first kappa shape index (κ1) is 23.0. The number of thiazole rings is 1. The van der Waals surface area contributed by atoms with Crippen molar-refractivity contribution in [2.75, 3.05) is 7.05 Å². The van der Waals surface area contributed by atoms with Crippen molar-refractivity contribution in [2.24, 2.45) is 12.0 Å². The van der Waals surface area contributed by atoms with Gasteiger partial charge in [0, 0.05) is 31.1 Å². The van der Waals surface area contributed by atoms with Crippen LogP contribution in [0.4, 0.5) is 0 Å². The highest BCUT2D eigenvalue weighted by molar-refractivity contribution is 7.89. The van der Waals surface area contributed by atoms with E-state index in [4.69, 9.17) is 0 Å². The Kier molecular flexibility index (Phi) is 6.14. The first-order valence-electron chi connectivity index (χ1n) is 11.5. The van der Waals surface area contributed by atoms with Gasteiger partial charge in [0.1, 0.15) is 0 Å². The second-order valence-corrected chi connectivity index (χ2v) is 11.8. The van der Waals surface area contributed by atoms with Crippen LogP contribution in [0.1, 0.15) is 42.5 Å². The monoisotopic (exact) mass is 493 g/mol. The zero-order valence-corrected chi connectivity index (χ0v) is 20.9. The van der Waals surface area contributed by atoms with E-state index < -0.39 is 15.9 Å². The van der Waals surface area contributed by atoms with Crippen molar-refractivity contribution < 1.29 is 13.2 Å². The van der Waals surface area contributed by atoms with Gasteiger partial charge in [-0.25, -0.2) is 8.42 Å². The summed E-state index contributed by atoms with van der Waals surface area (Å²) in [6, 6.07) is 18.4. The Morgan fingerprint density at radius 3 is 2.44 bits per heavy atom. The predicted octanol–water partition coefficient (Wildman–Crippen LogP) is 5.09. The lowest BCUT2D eigenvalue weighted by Gasteiger charge is -2.30. The predicted molar refractivity (Wildman–Crippen MR) is 136 cm³/mol. The van der Waals surface area contributed by atoms with Gasteiger partial charge in [0.05, 0.1) is 15.1 Å². The summed E-state index contributed by atoms with van der Waals surface area (Å²) in [5.74, 6) is -0.393. The number of aryl methyl sites for hydroxylation is 1. The molecule has 3 aromatic carbocycles. The van der Waals surface area contributed by atoms with Crippen molar-refractivity contribution in [3.8, 4) is 0 Å². The highest BCUT2D eigenvalue weighted by atomic mass is 32.2. The molecule has 5 rings (SSSR count). The number of nitrogens with zero attached hydrogens (tertiary/aromatic N) is 3. The molecule has 1 heterocycles. The van der Waals surface area contributed by atoms with E-state index in [2.05, 4.69) is 23.2 Å². The number of aromatic nitrogens is 1. The van der Waals surface area contributed by atoms with Gasteiger partial charge in [0.15, 0.2) is 4.80 Å². The maximum atomic E-state index is 13.1. The molecule has 1 aromatic heterocycles. The average molecular weight is 494 g/mol. The Hall–Kier alpha value is -2.81. The van der Waals surface area contributed by atoms with Gasteiger partial charge in [-0.2, -0.15) is 9.30 Å². The highest BCUT2D eigenvalue weighted by Gasteiger charge is 2.29. The summed E-state index contributed by atoms with van der Waals surface area (Å²) in [6.45, 7) is 0. The topological polar surface area (TPSA) is 71.7 Å². The van der Waals surface area contributed by atoms with Crippen LogP contribution in [0.15, 0.2) is 70.6 Å². The minimum atomic E-state index is -3.60. The Morgan fingerprint density at radius 2 is 1.71 bits per heavy atom. The third kappa shape index (κ3) is 4.10. The first-order chi connectivity index (χ1) is 16.4. The molecule has 34 heavy (non-hydrogen) atoms. The standard InChI is InChI=1S/C26H27N3O3S2/c1-28-24-22-11-7-6-8-18(22)14-17-23(24)33-26(28)27-25(30)19-12-15-21(16-13-19)34(31,32)29(2)20-9-4-3-5-10-20/h6-8,11-17,20H,3-5,9-10H2,1-2H3. The zero-order valence-electron chi connectivity index (χ0n) is 19.3. The van der Waals surface area contributed by atoms with Crippen LogP contribution in [0.5, 0.6) is 0 Å². The molecule has 0 radical (unpaired) electrons. The van der Waals surface area contributed by atoms with Gasteiger partial charge in [-0.1, -0.05) is 60.9 Å². The number of carbonyl (C=O) groups excluding carboxylic acids is 1. The fourth-order valence-corrected chi connectivity index (χ4v) is 7.20. The molecule has 0 saturated heterocycles. The SMILES string of the molecule is CN(C1CCCCC1)S(=O)(=O)c1ccc(C(=O)N=c2sc3ccc4ccccc4c3n2C)cc1. The van der Waals surface area contributed by atoms with Crippen LogP contribution in [-0.2, 0) is 17.1 Å². The van der Waals surface area contributed by atoms with Gasteiger partial charge >= 0.3 is 0 Å². The van der Waals surface area contributed by atoms with Crippen LogP contribution >= 0.6 is 11.3 Å². The average Bonchev–Trinajstić information content (AvgIpc) is 3.19. The van der Waals surface area contributed by atoms with Crippen molar-refractivity contribution in [3.05, 3.63) is 71.0 Å². The van der Waals surface area contributed by atoms with E-state index in [-0.39, 0.29) is 10.9 Å². The van der Waals surface area contributed by atoms with Crippen LogP contribution in [0.3, 0.4) is 0 Å². The molecule has 6 nitrogen and oxygen atoms in total. The van der Waals surface area contributed by atoms with Crippen LogP contribution in [0, 0.1) is 0 Å². The zero-order chi connectivity index (χ0) is 23.9. The molecule has 8 heteroatoms. The van der Waals surface area contributed by atoms with Crippen molar-refractivity contribution >= 4 is 48.3 Å². The molecular formula is C26H27N3O3S2. The van der Waals surface area contributed by atoms with E-state index in [1.165, 1.54) is 34.2 Å². The lowest BCUT2D eigenvalue weighted by molar-refractivity contribution is 0.0998. The maximum Gasteiger partial charge on any atom is 0.279 e. The van der Waals surface area contributed by atoms with Gasteiger partial charge in [-0.15, -0.1) is 0 Å². The summed E-state index contributed by atoms with van der Waals surface area (Å²) in [5, 5.41) is 2.25. The molecule has 0 bridgehead atoms. The summed E-state index contributed by atoms with van der Waals surface area (Å²) in [6.07, 6.45) is 5.08. The van der Waals surface area contributed by atoms with Crippen molar-refractivity contribution in [1.82, 2.24) is 8.87 Å². The highest BCUT2D eigenvalue weighted by Crippen LogP contribution is 2.28. The third-order valence-corrected chi connectivity index (χ3v) is 9.77. The molecule has 176 valence electrons. The van der Waals surface area contributed by atoms with Crippen molar-refractivity contribution in [2.45, 2.75) is 43.0 Å². The molecule has 1 aliphatic carbocycles. The van der Waals surface area contributed by atoms with Crippen LogP contribution in [0.25, 0.3) is 21.0 Å². The fraction of sp³-hybridized carbons (Fsp3) is 0.308. The van der Waals surface area contributed by atoms with Gasteiger partial charge < -0.3 is 4.57 Å². The molecule has 0 N–H and O–H groups in total. The van der Waals surface area contributed by atoms with E-state index in [1.807, 2.05) is 29.8 Å². The molecular weight excluding hydrogens is 466 g/mol. The summed E-state index contributed by atoms with van der Waals surface area (Å²) < 4.78 is 30.6. The lowest BCUT2D eigenvalue weighted by Crippen LogP contribution is -2.38. The quantitative estimate of drug-likeness (QED) is 0.398. The molecule has 0 atom stereocenters. The molecule has 1 fully saturated rings. The molecule has 1 amide bonds. The third-order valence-electron chi connectivity index (χ3n) is 6.75. The largest absolute Gasteiger partial charge is 0.319 e. The molecule has 1 aliphatic rings. The summed E-state index contributed by atoms with van der Waals surface area (Å²) in [5.41, 5.74) is 1.41. The van der Waals surface area contributed by atoms with Crippen molar-refractivity contribution in [1.29, 1.82) is 0 Å². The summed E-state index contributed by atoms with van der Waals surface area (Å²) >= 11 is 1.46. The molecule has 0 spiro atoms. The van der Waals surface area contributed by atoms with Gasteiger partial charge in [-0.3, -0.25) is 4.79 Å². The first-order valence-corrected chi connectivity index (χ1v) is 13.8. The maximum absolute atomic E-state index is 13.1. The van der Waals surface area contributed by atoms with E-state index in [1.54, 1.807) is 19.2 Å². The molecule has 0 unspecified atom stereocenters. The second kappa shape index (κ2) is 9.09. The Labute approximate surface area is 203 Å². The van der Waals surface area contributed by atoms with Gasteiger partial charge in [0.25, 0.3) is 5.91 Å². The van der Waals surface area contributed by atoms with Crippen LogP contribution < -0.4 is 4.80 Å². The van der Waals surface area contributed by atoms with E-state index in [0.29, 0.717) is 10.4 Å². The molecule has 1 saturated carbocycles. The fourth-order valence-electron chi connectivity index (χ4n) is 4.75.